The standard InChI is InChI=1S/C14H22ClNO2/c1-5-18-14-6-10(4)11(7-12(14)15)13(8-17)16-9(2)3/h6-7,9,13,16-17H,5,8H2,1-4H3. The summed E-state index contributed by atoms with van der Waals surface area (Å²) in [5.41, 5.74) is 2.08. The van der Waals surface area contributed by atoms with E-state index in [0.717, 1.165) is 11.1 Å². The third kappa shape index (κ3) is 3.87. The SMILES string of the molecule is CCOc1cc(C)c(C(CO)NC(C)C)cc1Cl. The lowest BCUT2D eigenvalue weighted by Gasteiger charge is -2.22. The maximum absolute atomic E-state index is 9.48. The number of halogens is 1. The van der Waals surface area contributed by atoms with E-state index in [0.29, 0.717) is 23.4 Å². The van der Waals surface area contributed by atoms with Crippen LogP contribution in [0.5, 0.6) is 5.75 Å². The van der Waals surface area contributed by atoms with Crippen molar-refractivity contribution in [2.45, 2.75) is 39.8 Å². The predicted octanol–water partition coefficient (Wildman–Crippen LogP) is 3.08. The molecular formula is C14H22ClNO2. The van der Waals surface area contributed by atoms with E-state index >= 15 is 0 Å². The van der Waals surface area contributed by atoms with Gasteiger partial charge >= 0.3 is 0 Å². The monoisotopic (exact) mass is 271 g/mol. The van der Waals surface area contributed by atoms with Crippen LogP contribution in [-0.2, 0) is 0 Å². The van der Waals surface area contributed by atoms with E-state index in [1.54, 1.807) is 0 Å². The van der Waals surface area contributed by atoms with Crippen molar-refractivity contribution < 1.29 is 9.84 Å². The van der Waals surface area contributed by atoms with Gasteiger partial charge in [0.25, 0.3) is 0 Å². The molecule has 1 unspecified atom stereocenters. The molecule has 18 heavy (non-hydrogen) atoms. The third-order valence-electron chi connectivity index (χ3n) is 2.71. The molecule has 1 rings (SSSR count). The first-order valence-corrected chi connectivity index (χ1v) is 6.67. The van der Waals surface area contributed by atoms with Gasteiger partial charge in [0, 0.05) is 6.04 Å². The molecule has 0 aliphatic carbocycles. The van der Waals surface area contributed by atoms with Gasteiger partial charge in [-0.2, -0.15) is 0 Å². The van der Waals surface area contributed by atoms with E-state index in [2.05, 4.69) is 5.32 Å². The van der Waals surface area contributed by atoms with E-state index in [-0.39, 0.29) is 12.6 Å². The first-order valence-electron chi connectivity index (χ1n) is 6.29. The summed E-state index contributed by atoms with van der Waals surface area (Å²) in [7, 11) is 0. The van der Waals surface area contributed by atoms with Crippen molar-refractivity contribution >= 4 is 11.6 Å². The lowest BCUT2D eigenvalue weighted by Crippen LogP contribution is -2.31. The Labute approximate surface area is 114 Å². The van der Waals surface area contributed by atoms with Gasteiger partial charge in [0.2, 0.25) is 0 Å². The van der Waals surface area contributed by atoms with Crippen molar-refractivity contribution in [3.63, 3.8) is 0 Å². The Hall–Kier alpha value is -0.770. The van der Waals surface area contributed by atoms with Gasteiger partial charge in [-0.3, -0.25) is 0 Å². The van der Waals surface area contributed by atoms with Crippen LogP contribution in [0.25, 0.3) is 0 Å². The normalized spacial score (nSPS) is 12.8. The minimum Gasteiger partial charge on any atom is -0.492 e. The Balaban J connectivity index is 3.04. The molecule has 2 N–H and O–H groups in total. The summed E-state index contributed by atoms with van der Waals surface area (Å²) in [5.74, 6) is 0.696. The van der Waals surface area contributed by atoms with Crippen molar-refractivity contribution in [3.05, 3.63) is 28.3 Å². The zero-order valence-electron chi connectivity index (χ0n) is 11.5. The van der Waals surface area contributed by atoms with Gasteiger partial charge < -0.3 is 15.2 Å². The molecule has 0 aliphatic heterocycles. The summed E-state index contributed by atoms with van der Waals surface area (Å²) in [6, 6.07) is 3.99. The Morgan fingerprint density at radius 3 is 2.56 bits per heavy atom. The van der Waals surface area contributed by atoms with E-state index in [1.807, 2.05) is 39.8 Å². The minimum absolute atomic E-state index is 0.0450. The first-order chi connectivity index (χ1) is 8.49. The molecule has 0 saturated heterocycles. The van der Waals surface area contributed by atoms with Crippen molar-refractivity contribution in [2.75, 3.05) is 13.2 Å². The molecule has 0 fully saturated rings. The number of ether oxygens (including phenoxy) is 1. The molecule has 0 heterocycles. The van der Waals surface area contributed by atoms with E-state index in [9.17, 15) is 5.11 Å². The van der Waals surface area contributed by atoms with Crippen LogP contribution >= 0.6 is 11.6 Å². The van der Waals surface area contributed by atoms with Crippen molar-refractivity contribution in [1.29, 1.82) is 0 Å². The topological polar surface area (TPSA) is 41.5 Å². The average Bonchev–Trinajstić information content (AvgIpc) is 2.30. The van der Waals surface area contributed by atoms with Gasteiger partial charge in [0.15, 0.2) is 0 Å². The van der Waals surface area contributed by atoms with Crippen molar-refractivity contribution in [2.24, 2.45) is 0 Å². The van der Waals surface area contributed by atoms with Gasteiger partial charge in [-0.05, 0) is 37.1 Å². The molecule has 0 amide bonds. The fraction of sp³-hybridized carbons (Fsp3) is 0.571. The van der Waals surface area contributed by atoms with Gasteiger partial charge in [-0.25, -0.2) is 0 Å². The molecule has 0 aromatic heterocycles. The van der Waals surface area contributed by atoms with Crippen LogP contribution in [0.2, 0.25) is 5.02 Å². The molecular weight excluding hydrogens is 250 g/mol. The Bertz CT molecular complexity index is 394. The van der Waals surface area contributed by atoms with Gasteiger partial charge in [-0.15, -0.1) is 0 Å². The van der Waals surface area contributed by atoms with E-state index in [1.165, 1.54) is 0 Å². The average molecular weight is 272 g/mol. The van der Waals surface area contributed by atoms with Gasteiger partial charge in [0.05, 0.1) is 24.3 Å². The molecule has 0 spiro atoms. The fourth-order valence-electron chi connectivity index (χ4n) is 1.96. The van der Waals surface area contributed by atoms with Crippen LogP contribution in [0, 0.1) is 6.92 Å². The highest BCUT2D eigenvalue weighted by Gasteiger charge is 2.16. The Morgan fingerprint density at radius 1 is 1.39 bits per heavy atom. The predicted molar refractivity (Wildman–Crippen MR) is 75.5 cm³/mol. The molecule has 1 aromatic carbocycles. The van der Waals surface area contributed by atoms with Crippen LogP contribution < -0.4 is 10.1 Å². The van der Waals surface area contributed by atoms with Crippen molar-refractivity contribution in [1.82, 2.24) is 5.32 Å². The van der Waals surface area contributed by atoms with Crippen LogP contribution in [-0.4, -0.2) is 24.4 Å². The number of nitrogens with one attached hydrogen (secondary N) is 1. The number of benzene rings is 1. The molecule has 3 nitrogen and oxygen atoms in total. The summed E-state index contributed by atoms with van der Waals surface area (Å²) in [6.07, 6.45) is 0. The van der Waals surface area contributed by atoms with Gasteiger partial charge in [0.1, 0.15) is 5.75 Å². The molecule has 0 saturated carbocycles. The summed E-state index contributed by atoms with van der Waals surface area (Å²) >= 11 is 6.18. The van der Waals surface area contributed by atoms with Crippen LogP contribution in [0.3, 0.4) is 0 Å². The summed E-state index contributed by atoms with van der Waals surface area (Å²) in [5, 5.41) is 13.4. The van der Waals surface area contributed by atoms with Crippen LogP contribution in [0.1, 0.15) is 37.9 Å². The minimum atomic E-state index is -0.0989. The zero-order chi connectivity index (χ0) is 13.7. The molecule has 1 aromatic rings. The quantitative estimate of drug-likeness (QED) is 0.835. The van der Waals surface area contributed by atoms with Crippen LogP contribution in [0.4, 0.5) is 0 Å². The first kappa shape index (κ1) is 15.3. The van der Waals surface area contributed by atoms with E-state index in [4.69, 9.17) is 16.3 Å². The highest BCUT2D eigenvalue weighted by molar-refractivity contribution is 6.32. The maximum Gasteiger partial charge on any atom is 0.138 e. The molecule has 0 aliphatic rings. The molecule has 0 bridgehead atoms. The molecule has 102 valence electrons. The number of hydrogen-bond acceptors (Lipinski definition) is 3. The molecule has 4 heteroatoms. The Morgan fingerprint density at radius 2 is 2.06 bits per heavy atom. The van der Waals surface area contributed by atoms with Crippen LogP contribution in [0.15, 0.2) is 12.1 Å². The zero-order valence-corrected chi connectivity index (χ0v) is 12.2. The highest BCUT2D eigenvalue weighted by Crippen LogP contribution is 2.31. The smallest absolute Gasteiger partial charge is 0.138 e. The summed E-state index contributed by atoms with van der Waals surface area (Å²) in [6.45, 7) is 8.66. The number of hydrogen-bond donors (Lipinski definition) is 2. The number of aryl methyl sites for hydroxylation is 1. The van der Waals surface area contributed by atoms with E-state index < -0.39 is 0 Å². The summed E-state index contributed by atoms with van der Waals surface area (Å²) < 4.78 is 5.45. The second kappa shape index (κ2) is 6.98. The lowest BCUT2D eigenvalue weighted by molar-refractivity contribution is 0.237. The lowest BCUT2D eigenvalue weighted by atomic mass is 10.0. The number of aliphatic hydroxyl groups is 1. The number of aliphatic hydroxyl groups excluding tert-OH is 1. The third-order valence-corrected chi connectivity index (χ3v) is 3.01. The highest BCUT2D eigenvalue weighted by atomic mass is 35.5. The largest absolute Gasteiger partial charge is 0.492 e. The molecule has 0 radical (unpaired) electrons. The molecule has 1 atom stereocenters. The fourth-order valence-corrected chi connectivity index (χ4v) is 2.18. The Kier molecular flexibility index (Phi) is 5.93. The second-order valence-electron chi connectivity index (χ2n) is 4.63. The summed E-state index contributed by atoms with van der Waals surface area (Å²) in [4.78, 5) is 0. The second-order valence-corrected chi connectivity index (χ2v) is 5.04. The van der Waals surface area contributed by atoms with Crippen molar-refractivity contribution in [3.8, 4) is 5.75 Å². The van der Waals surface area contributed by atoms with Gasteiger partial charge in [-0.1, -0.05) is 25.4 Å². The number of rotatable bonds is 6. The maximum atomic E-state index is 9.48.